The van der Waals surface area contributed by atoms with Crippen molar-refractivity contribution in [1.82, 2.24) is 5.32 Å². The number of carboxylic acids is 1. The number of carboxylic acid groups (broad SMARTS) is 1. The van der Waals surface area contributed by atoms with Crippen LogP contribution in [-0.2, 0) is 36.7 Å². The lowest BCUT2D eigenvalue weighted by Crippen LogP contribution is -2.42. The van der Waals surface area contributed by atoms with Crippen molar-refractivity contribution < 1.29 is 38.4 Å². The fourth-order valence-corrected chi connectivity index (χ4v) is 3.89. The Bertz CT molecular complexity index is 994. The van der Waals surface area contributed by atoms with Gasteiger partial charge in [0.25, 0.3) is 0 Å². The first-order valence-corrected chi connectivity index (χ1v) is 11.7. The van der Waals surface area contributed by atoms with Crippen LogP contribution in [0.15, 0.2) is 48.5 Å². The molecule has 0 heterocycles. The van der Waals surface area contributed by atoms with Crippen molar-refractivity contribution in [2.45, 2.75) is 44.8 Å². The molecular formula is C26H31NO8. The van der Waals surface area contributed by atoms with Crippen LogP contribution >= 0.6 is 0 Å². The van der Waals surface area contributed by atoms with Crippen molar-refractivity contribution >= 4 is 17.9 Å². The molecule has 9 heteroatoms. The summed E-state index contributed by atoms with van der Waals surface area (Å²) in [4.78, 5) is 34.2. The lowest BCUT2D eigenvalue weighted by Gasteiger charge is -2.22. The minimum Gasteiger partial charge on any atom is -0.490 e. The second-order valence-corrected chi connectivity index (χ2v) is 8.18. The topological polar surface area (TPSA) is 120 Å². The maximum absolute atomic E-state index is 11.7. The molecule has 0 aromatic heterocycles. The molecule has 0 saturated carbocycles. The van der Waals surface area contributed by atoms with Gasteiger partial charge in [-0.2, -0.15) is 0 Å². The van der Waals surface area contributed by atoms with Gasteiger partial charge in [-0.15, -0.1) is 0 Å². The number of carbonyl (C=O) groups excluding carboxylic acids is 2. The summed E-state index contributed by atoms with van der Waals surface area (Å²) < 4.78 is 21.2. The second-order valence-electron chi connectivity index (χ2n) is 8.18. The van der Waals surface area contributed by atoms with Crippen LogP contribution in [0.25, 0.3) is 0 Å². The van der Waals surface area contributed by atoms with Crippen LogP contribution in [0, 0.1) is 0 Å². The van der Waals surface area contributed by atoms with Crippen molar-refractivity contribution in [2.75, 3.05) is 26.4 Å². The number of rotatable bonds is 11. The number of ether oxygens (including phenoxy) is 4. The van der Waals surface area contributed by atoms with Crippen molar-refractivity contribution in [3.05, 3.63) is 59.7 Å². The summed E-state index contributed by atoms with van der Waals surface area (Å²) in [5, 5.41) is 12.3. The Hall–Kier alpha value is -3.59. The van der Waals surface area contributed by atoms with Gasteiger partial charge in [-0.05, 0) is 68.0 Å². The van der Waals surface area contributed by atoms with Crippen LogP contribution in [0.5, 0.6) is 11.5 Å². The van der Waals surface area contributed by atoms with E-state index in [-0.39, 0.29) is 25.8 Å². The number of aryl methyl sites for hydroxylation is 1. The van der Waals surface area contributed by atoms with Crippen LogP contribution < -0.4 is 14.8 Å². The van der Waals surface area contributed by atoms with E-state index in [0.717, 1.165) is 31.2 Å². The average molecular weight is 486 g/mol. The summed E-state index contributed by atoms with van der Waals surface area (Å²) in [6, 6.07) is 15.0. The third-order valence-corrected chi connectivity index (χ3v) is 5.57. The fourth-order valence-electron chi connectivity index (χ4n) is 3.89. The molecule has 9 nitrogen and oxygen atoms in total. The quantitative estimate of drug-likeness (QED) is 0.281. The van der Waals surface area contributed by atoms with E-state index in [1.165, 1.54) is 5.56 Å². The van der Waals surface area contributed by atoms with E-state index in [0.29, 0.717) is 18.1 Å². The Balaban J connectivity index is 1.57. The lowest BCUT2D eigenvalue weighted by atomic mass is 10.0. The summed E-state index contributed by atoms with van der Waals surface area (Å²) >= 11 is 0. The zero-order valence-corrected chi connectivity index (χ0v) is 19.7. The number of esters is 2. The number of hydrogen-bond acceptors (Lipinski definition) is 8. The Morgan fingerprint density at radius 2 is 1.86 bits per heavy atom. The largest absolute Gasteiger partial charge is 0.490 e. The van der Waals surface area contributed by atoms with Crippen molar-refractivity contribution in [3.8, 4) is 11.5 Å². The van der Waals surface area contributed by atoms with Gasteiger partial charge in [0.2, 0.25) is 0 Å². The maximum Gasteiger partial charge on any atom is 0.417 e. The number of aliphatic carboxylic acids is 1. The van der Waals surface area contributed by atoms with Crippen LogP contribution in [0.3, 0.4) is 0 Å². The summed E-state index contributed by atoms with van der Waals surface area (Å²) in [6.45, 7) is 2.22. The highest BCUT2D eigenvalue weighted by atomic mass is 16.6. The SMILES string of the molecule is CCOC(=O)COc1ccc2c(c1)CCCC(NC[C@@H](COc1ccccc1)OC(=O)C(=O)O)C2. The Kier molecular flexibility index (Phi) is 9.92. The monoisotopic (exact) mass is 485 g/mol. The highest BCUT2D eigenvalue weighted by molar-refractivity contribution is 6.28. The molecule has 2 N–H and O–H groups in total. The van der Waals surface area contributed by atoms with E-state index in [1.807, 2.05) is 36.4 Å². The Labute approximate surface area is 204 Å². The van der Waals surface area contributed by atoms with Gasteiger partial charge in [0.05, 0.1) is 6.61 Å². The van der Waals surface area contributed by atoms with Crippen molar-refractivity contribution in [1.29, 1.82) is 0 Å². The second kappa shape index (κ2) is 13.3. The third kappa shape index (κ3) is 8.60. The molecule has 3 rings (SSSR count). The summed E-state index contributed by atoms with van der Waals surface area (Å²) in [7, 11) is 0. The summed E-state index contributed by atoms with van der Waals surface area (Å²) in [5.74, 6) is -2.12. The van der Waals surface area contributed by atoms with Gasteiger partial charge in [-0.1, -0.05) is 24.3 Å². The van der Waals surface area contributed by atoms with E-state index in [2.05, 4.69) is 5.32 Å². The lowest BCUT2D eigenvalue weighted by molar-refractivity contribution is -0.168. The molecule has 1 aliphatic carbocycles. The number of benzene rings is 2. The average Bonchev–Trinajstić information content (AvgIpc) is 3.06. The van der Waals surface area contributed by atoms with E-state index >= 15 is 0 Å². The van der Waals surface area contributed by atoms with Crippen LogP contribution in [0.4, 0.5) is 0 Å². The first-order chi connectivity index (χ1) is 16.9. The molecule has 1 unspecified atom stereocenters. The molecule has 0 amide bonds. The fraction of sp³-hybridized carbons (Fsp3) is 0.423. The van der Waals surface area contributed by atoms with Crippen molar-refractivity contribution in [2.24, 2.45) is 0 Å². The maximum atomic E-state index is 11.7. The van der Waals surface area contributed by atoms with Gasteiger partial charge in [-0.3, -0.25) is 0 Å². The van der Waals surface area contributed by atoms with Gasteiger partial charge in [0, 0.05) is 12.6 Å². The Morgan fingerprint density at radius 1 is 1.06 bits per heavy atom. The van der Waals surface area contributed by atoms with Gasteiger partial charge in [-0.25, -0.2) is 14.4 Å². The molecule has 0 saturated heterocycles. The van der Waals surface area contributed by atoms with E-state index in [9.17, 15) is 14.4 Å². The summed E-state index contributed by atoms with van der Waals surface area (Å²) in [5.41, 5.74) is 2.33. The highest BCUT2D eigenvalue weighted by Gasteiger charge is 2.23. The van der Waals surface area contributed by atoms with Gasteiger partial charge in [0.1, 0.15) is 24.2 Å². The van der Waals surface area contributed by atoms with E-state index in [1.54, 1.807) is 19.1 Å². The number of para-hydroxylation sites is 1. The molecule has 0 radical (unpaired) electrons. The molecular weight excluding hydrogens is 454 g/mol. The number of fused-ring (bicyclic) bond motifs is 1. The van der Waals surface area contributed by atoms with Crippen LogP contribution in [0.2, 0.25) is 0 Å². The standard InChI is InChI=1S/C26H31NO8/c1-2-32-24(28)17-34-22-12-11-19-13-20(8-6-7-18(19)14-22)27-15-23(35-26(31)25(29)30)16-33-21-9-4-3-5-10-21/h3-5,9-12,14,20,23,27H,2,6-8,13,15-17H2,1H3,(H,29,30)/t20?,23-/m0/s1. The first-order valence-electron chi connectivity index (χ1n) is 11.7. The van der Waals surface area contributed by atoms with Crippen molar-refractivity contribution in [3.63, 3.8) is 0 Å². The van der Waals surface area contributed by atoms with Crippen LogP contribution in [0.1, 0.15) is 30.9 Å². The number of carbonyl (C=O) groups is 3. The van der Waals surface area contributed by atoms with E-state index < -0.39 is 24.0 Å². The molecule has 0 bridgehead atoms. The highest BCUT2D eigenvalue weighted by Crippen LogP contribution is 2.25. The van der Waals surface area contributed by atoms with Gasteiger partial charge in [0.15, 0.2) is 6.61 Å². The molecule has 0 fully saturated rings. The number of nitrogens with one attached hydrogen (secondary N) is 1. The molecule has 35 heavy (non-hydrogen) atoms. The minimum absolute atomic E-state index is 0.0283. The number of hydrogen-bond donors (Lipinski definition) is 2. The molecule has 2 aromatic rings. The zero-order chi connectivity index (χ0) is 25.0. The molecule has 0 aliphatic heterocycles. The smallest absolute Gasteiger partial charge is 0.417 e. The molecule has 188 valence electrons. The summed E-state index contributed by atoms with van der Waals surface area (Å²) in [6.07, 6.45) is 2.70. The molecule has 0 spiro atoms. The van der Waals surface area contributed by atoms with Gasteiger partial charge >= 0.3 is 17.9 Å². The Morgan fingerprint density at radius 3 is 2.60 bits per heavy atom. The predicted molar refractivity (Wildman–Crippen MR) is 126 cm³/mol. The minimum atomic E-state index is -1.64. The zero-order valence-electron chi connectivity index (χ0n) is 19.7. The first kappa shape index (κ1) is 26.0. The predicted octanol–water partition coefficient (Wildman–Crippen LogP) is 2.54. The molecule has 2 atom stereocenters. The van der Waals surface area contributed by atoms with Crippen LogP contribution in [-0.4, -0.2) is 61.5 Å². The normalized spacial score (nSPS) is 15.7. The molecule has 1 aliphatic rings. The molecule has 2 aromatic carbocycles. The van der Waals surface area contributed by atoms with Gasteiger partial charge < -0.3 is 29.4 Å². The van der Waals surface area contributed by atoms with E-state index in [4.69, 9.17) is 24.1 Å². The third-order valence-electron chi connectivity index (χ3n) is 5.57.